The van der Waals surface area contributed by atoms with Crippen LogP contribution in [0.2, 0.25) is 0 Å². The van der Waals surface area contributed by atoms with Crippen LogP contribution in [0.25, 0.3) is 0 Å². The molecule has 1 aromatic rings. The summed E-state index contributed by atoms with van der Waals surface area (Å²) in [7, 11) is 1.63. The molecule has 0 aliphatic heterocycles. The monoisotopic (exact) mass is 192 g/mol. The van der Waals surface area contributed by atoms with Crippen molar-refractivity contribution in [2.45, 2.75) is 27.7 Å². The summed E-state index contributed by atoms with van der Waals surface area (Å²) in [6, 6.07) is 1.99. The number of hydrogen-bond acceptors (Lipinski definition) is 2. The van der Waals surface area contributed by atoms with Crippen molar-refractivity contribution in [3.05, 3.63) is 28.3 Å². The van der Waals surface area contributed by atoms with Crippen molar-refractivity contribution in [1.29, 1.82) is 0 Å². The topological polar surface area (TPSA) is 26.3 Å². The number of ether oxygens (including phenoxy) is 1. The molecule has 0 radical (unpaired) electrons. The zero-order chi connectivity index (χ0) is 10.9. The SMILES string of the molecule is COc1c(C)cc(C)c(C(C)=O)c1C. The molecule has 2 heteroatoms. The maximum atomic E-state index is 11.4. The van der Waals surface area contributed by atoms with Crippen LogP contribution in [-0.4, -0.2) is 12.9 Å². The van der Waals surface area contributed by atoms with E-state index in [4.69, 9.17) is 4.74 Å². The van der Waals surface area contributed by atoms with E-state index in [1.165, 1.54) is 0 Å². The number of rotatable bonds is 2. The van der Waals surface area contributed by atoms with Gasteiger partial charge < -0.3 is 4.74 Å². The summed E-state index contributed by atoms with van der Waals surface area (Å²) < 4.78 is 5.27. The van der Waals surface area contributed by atoms with Gasteiger partial charge >= 0.3 is 0 Å². The fourth-order valence-corrected chi connectivity index (χ4v) is 2.02. The lowest BCUT2D eigenvalue weighted by atomic mass is 9.96. The van der Waals surface area contributed by atoms with Crippen molar-refractivity contribution in [2.24, 2.45) is 0 Å². The van der Waals surface area contributed by atoms with Crippen LogP contribution in [0.5, 0.6) is 5.75 Å². The zero-order valence-electron chi connectivity index (χ0n) is 9.39. The number of Topliss-reactive ketones (excluding diaryl/α,β-unsaturated/α-hetero) is 1. The van der Waals surface area contributed by atoms with Gasteiger partial charge in [-0.15, -0.1) is 0 Å². The van der Waals surface area contributed by atoms with Gasteiger partial charge in [0.05, 0.1) is 7.11 Å². The lowest BCUT2D eigenvalue weighted by molar-refractivity contribution is 0.101. The van der Waals surface area contributed by atoms with Gasteiger partial charge in [0, 0.05) is 11.1 Å². The molecule has 1 aromatic carbocycles. The Morgan fingerprint density at radius 1 is 1.21 bits per heavy atom. The average molecular weight is 192 g/mol. The summed E-state index contributed by atoms with van der Waals surface area (Å²) in [4.78, 5) is 11.4. The summed E-state index contributed by atoms with van der Waals surface area (Å²) in [5.74, 6) is 0.916. The van der Waals surface area contributed by atoms with Crippen molar-refractivity contribution in [3.63, 3.8) is 0 Å². The molecule has 0 saturated heterocycles. The Kier molecular flexibility index (Phi) is 2.94. The van der Waals surface area contributed by atoms with E-state index in [0.717, 1.165) is 28.0 Å². The van der Waals surface area contributed by atoms with E-state index in [-0.39, 0.29) is 5.78 Å². The third-order valence-corrected chi connectivity index (χ3v) is 2.46. The van der Waals surface area contributed by atoms with E-state index in [2.05, 4.69) is 0 Å². The number of aryl methyl sites for hydroxylation is 2. The molecule has 0 spiro atoms. The molecule has 0 amide bonds. The molecular weight excluding hydrogens is 176 g/mol. The molecule has 14 heavy (non-hydrogen) atoms. The predicted octanol–water partition coefficient (Wildman–Crippen LogP) is 2.82. The number of benzene rings is 1. The van der Waals surface area contributed by atoms with Crippen LogP contribution in [0, 0.1) is 20.8 Å². The van der Waals surface area contributed by atoms with Crippen LogP contribution < -0.4 is 4.74 Å². The lowest BCUT2D eigenvalue weighted by Gasteiger charge is -2.14. The quantitative estimate of drug-likeness (QED) is 0.673. The standard InChI is InChI=1S/C12H16O2/c1-7-6-8(2)12(14-5)9(3)11(7)10(4)13/h6H,1-5H3. The highest BCUT2D eigenvalue weighted by Crippen LogP contribution is 2.28. The second-order valence-electron chi connectivity index (χ2n) is 3.60. The summed E-state index contributed by atoms with van der Waals surface area (Å²) in [6.45, 7) is 7.46. The normalized spacial score (nSPS) is 10.1. The molecule has 0 bridgehead atoms. The van der Waals surface area contributed by atoms with Crippen molar-refractivity contribution in [1.82, 2.24) is 0 Å². The molecule has 0 saturated carbocycles. The number of carbonyl (C=O) groups is 1. The number of methoxy groups -OCH3 is 1. The van der Waals surface area contributed by atoms with Gasteiger partial charge in [-0.1, -0.05) is 6.07 Å². The second-order valence-corrected chi connectivity index (χ2v) is 3.60. The first-order valence-corrected chi connectivity index (χ1v) is 4.64. The van der Waals surface area contributed by atoms with Gasteiger partial charge in [0.15, 0.2) is 5.78 Å². The van der Waals surface area contributed by atoms with Crippen molar-refractivity contribution in [3.8, 4) is 5.75 Å². The summed E-state index contributed by atoms with van der Waals surface area (Å²) in [5.41, 5.74) is 3.82. The van der Waals surface area contributed by atoms with Crippen LogP contribution in [-0.2, 0) is 0 Å². The highest BCUT2D eigenvalue weighted by atomic mass is 16.5. The minimum atomic E-state index is 0.0956. The van der Waals surface area contributed by atoms with Crippen molar-refractivity contribution >= 4 is 5.78 Å². The molecule has 76 valence electrons. The van der Waals surface area contributed by atoms with Crippen LogP contribution >= 0.6 is 0 Å². The number of hydrogen-bond donors (Lipinski definition) is 0. The molecule has 2 nitrogen and oxygen atoms in total. The Bertz CT molecular complexity index is 378. The first kappa shape index (κ1) is 10.8. The van der Waals surface area contributed by atoms with Gasteiger partial charge in [0.1, 0.15) is 5.75 Å². The Labute approximate surface area is 84.9 Å². The predicted molar refractivity (Wildman–Crippen MR) is 57.2 cm³/mol. The highest BCUT2D eigenvalue weighted by molar-refractivity contribution is 5.97. The molecule has 0 fully saturated rings. The Morgan fingerprint density at radius 2 is 1.79 bits per heavy atom. The summed E-state index contributed by atoms with van der Waals surface area (Å²) in [6.07, 6.45) is 0. The average Bonchev–Trinajstić information content (AvgIpc) is 2.02. The van der Waals surface area contributed by atoms with E-state index < -0.39 is 0 Å². The number of ketones is 1. The molecule has 0 aromatic heterocycles. The van der Waals surface area contributed by atoms with Crippen LogP contribution in [0.1, 0.15) is 34.0 Å². The van der Waals surface area contributed by atoms with E-state index in [1.807, 2.05) is 26.8 Å². The van der Waals surface area contributed by atoms with E-state index >= 15 is 0 Å². The van der Waals surface area contributed by atoms with Gasteiger partial charge in [-0.25, -0.2) is 0 Å². The largest absolute Gasteiger partial charge is 0.496 e. The Hall–Kier alpha value is -1.31. The Balaban J connectivity index is 3.52. The smallest absolute Gasteiger partial charge is 0.160 e. The first-order valence-electron chi connectivity index (χ1n) is 4.64. The molecule has 0 N–H and O–H groups in total. The molecular formula is C12H16O2. The second kappa shape index (κ2) is 3.82. The van der Waals surface area contributed by atoms with Crippen LogP contribution in [0.15, 0.2) is 6.07 Å². The summed E-state index contributed by atoms with van der Waals surface area (Å²) in [5, 5.41) is 0. The van der Waals surface area contributed by atoms with Gasteiger partial charge in [-0.3, -0.25) is 4.79 Å². The fourth-order valence-electron chi connectivity index (χ4n) is 2.02. The van der Waals surface area contributed by atoms with Gasteiger partial charge in [-0.05, 0) is 38.8 Å². The molecule has 0 atom stereocenters. The Morgan fingerprint density at radius 3 is 2.21 bits per heavy atom. The van der Waals surface area contributed by atoms with Crippen LogP contribution in [0.3, 0.4) is 0 Å². The van der Waals surface area contributed by atoms with Gasteiger partial charge in [0.2, 0.25) is 0 Å². The third-order valence-electron chi connectivity index (χ3n) is 2.46. The highest BCUT2D eigenvalue weighted by Gasteiger charge is 2.14. The molecule has 0 aliphatic rings. The number of carbonyl (C=O) groups excluding carboxylic acids is 1. The molecule has 0 heterocycles. The fraction of sp³-hybridized carbons (Fsp3) is 0.417. The maximum Gasteiger partial charge on any atom is 0.160 e. The summed E-state index contributed by atoms with van der Waals surface area (Å²) >= 11 is 0. The maximum absolute atomic E-state index is 11.4. The molecule has 0 aliphatic carbocycles. The van der Waals surface area contributed by atoms with E-state index in [9.17, 15) is 4.79 Å². The minimum Gasteiger partial charge on any atom is -0.496 e. The minimum absolute atomic E-state index is 0.0956. The third kappa shape index (κ3) is 1.65. The zero-order valence-corrected chi connectivity index (χ0v) is 9.39. The molecule has 1 rings (SSSR count). The van der Waals surface area contributed by atoms with E-state index in [0.29, 0.717) is 0 Å². The van der Waals surface area contributed by atoms with Crippen molar-refractivity contribution < 1.29 is 9.53 Å². The van der Waals surface area contributed by atoms with E-state index in [1.54, 1.807) is 14.0 Å². The van der Waals surface area contributed by atoms with Crippen LogP contribution in [0.4, 0.5) is 0 Å². The van der Waals surface area contributed by atoms with Gasteiger partial charge in [0.25, 0.3) is 0 Å². The van der Waals surface area contributed by atoms with Crippen molar-refractivity contribution in [2.75, 3.05) is 7.11 Å². The van der Waals surface area contributed by atoms with Gasteiger partial charge in [-0.2, -0.15) is 0 Å². The molecule has 0 unspecified atom stereocenters. The lowest BCUT2D eigenvalue weighted by Crippen LogP contribution is -2.03. The first-order chi connectivity index (χ1) is 6.49.